The first-order chi connectivity index (χ1) is 8.18. The van der Waals surface area contributed by atoms with Crippen LogP contribution in [0, 0.1) is 0 Å². The SMILES string of the molecule is O=C(O)c1ccc2c(c1)-c1ccccc1C2O. The number of fused-ring (bicyclic) bond motifs is 3. The molecule has 1 unspecified atom stereocenters. The Labute approximate surface area is 98.0 Å². The third kappa shape index (κ3) is 1.36. The van der Waals surface area contributed by atoms with E-state index in [4.69, 9.17) is 5.11 Å². The van der Waals surface area contributed by atoms with Crippen molar-refractivity contribution in [1.82, 2.24) is 0 Å². The van der Waals surface area contributed by atoms with Crippen molar-refractivity contribution in [2.75, 3.05) is 0 Å². The van der Waals surface area contributed by atoms with Crippen LogP contribution < -0.4 is 0 Å². The highest BCUT2D eigenvalue weighted by Crippen LogP contribution is 2.43. The molecular formula is C14H10O3. The lowest BCUT2D eigenvalue weighted by molar-refractivity contribution is 0.0697. The summed E-state index contributed by atoms with van der Waals surface area (Å²) < 4.78 is 0. The Morgan fingerprint density at radius 3 is 2.47 bits per heavy atom. The van der Waals surface area contributed by atoms with E-state index in [9.17, 15) is 9.90 Å². The molecule has 3 heteroatoms. The van der Waals surface area contributed by atoms with E-state index in [0.717, 1.165) is 22.3 Å². The maximum Gasteiger partial charge on any atom is 0.335 e. The van der Waals surface area contributed by atoms with Crippen molar-refractivity contribution in [3.8, 4) is 11.1 Å². The lowest BCUT2D eigenvalue weighted by Crippen LogP contribution is -1.98. The zero-order valence-corrected chi connectivity index (χ0v) is 8.92. The number of rotatable bonds is 1. The van der Waals surface area contributed by atoms with Gasteiger partial charge >= 0.3 is 5.97 Å². The van der Waals surface area contributed by atoms with Crippen LogP contribution in [0.15, 0.2) is 42.5 Å². The summed E-state index contributed by atoms with van der Waals surface area (Å²) in [7, 11) is 0. The van der Waals surface area contributed by atoms with Crippen molar-refractivity contribution in [3.63, 3.8) is 0 Å². The van der Waals surface area contributed by atoms with Crippen LogP contribution in [-0.4, -0.2) is 16.2 Å². The number of carbonyl (C=O) groups is 1. The van der Waals surface area contributed by atoms with E-state index in [0.29, 0.717) is 0 Å². The average molecular weight is 226 g/mol. The molecule has 0 fully saturated rings. The molecule has 2 N–H and O–H groups in total. The number of carboxylic acid groups (broad SMARTS) is 1. The summed E-state index contributed by atoms with van der Waals surface area (Å²) in [6, 6.07) is 12.3. The summed E-state index contributed by atoms with van der Waals surface area (Å²) in [5, 5.41) is 19.1. The number of hydrogen-bond donors (Lipinski definition) is 2. The third-order valence-corrected chi connectivity index (χ3v) is 3.14. The van der Waals surface area contributed by atoms with Gasteiger partial charge in [0.15, 0.2) is 0 Å². The van der Waals surface area contributed by atoms with Crippen LogP contribution in [0.2, 0.25) is 0 Å². The zero-order valence-electron chi connectivity index (χ0n) is 8.92. The minimum Gasteiger partial charge on any atom is -0.478 e. The van der Waals surface area contributed by atoms with Gasteiger partial charge in [-0.15, -0.1) is 0 Å². The molecule has 1 aliphatic carbocycles. The fourth-order valence-electron chi connectivity index (χ4n) is 2.31. The molecule has 2 aromatic carbocycles. The number of carboxylic acids is 1. The maximum atomic E-state index is 10.9. The molecule has 2 aromatic rings. The molecule has 0 saturated carbocycles. The number of benzene rings is 2. The minimum absolute atomic E-state index is 0.243. The highest BCUT2D eigenvalue weighted by molar-refractivity contribution is 5.91. The fraction of sp³-hybridized carbons (Fsp3) is 0.0714. The molecule has 0 heterocycles. The molecule has 1 aliphatic rings. The Kier molecular flexibility index (Phi) is 2.03. The Morgan fingerprint density at radius 1 is 1.00 bits per heavy atom. The van der Waals surface area contributed by atoms with Gasteiger partial charge < -0.3 is 10.2 Å². The minimum atomic E-state index is -0.952. The van der Waals surface area contributed by atoms with Crippen molar-refractivity contribution in [2.24, 2.45) is 0 Å². The molecule has 0 amide bonds. The molecule has 3 rings (SSSR count). The first kappa shape index (κ1) is 10.1. The third-order valence-electron chi connectivity index (χ3n) is 3.14. The van der Waals surface area contributed by atoms with Crippen molar-refractivity contribution < 1.29 is 15.0 Å². The summed E-state index contributed by atoms with van der Waals surface area (Å²) in [5.74, 6) is -0.952. The Hall–Kier alpha value is -2.13. The van der Waals surface area contributed by atoms with Crippen LogP contribution in [0.1, 0.15) is 27.6 Å². The van der Waals surface area contributed by atoms with Crippen LogP contribution in [0.25, 0.3) is 11.1 Å². The van der Waals surface area contributed by atoms with E-state index in [-0.39, 0.29) is 5.56 Å². The van der Waals surface area contributed by atoms with E-state index in [1.807, 2.05) is 24.3 Å². The Balaban J connectivity index is 2.27. The molecule has 0 saturated heterocycles. The first-order valence-corrected chi connectivity index (χ1v) is 5.33. The zero-order chi connectivity index (χ0) is 12.0. The second-order valence-corrected chi connectivity index (χ2v) is 4.10. The molecule has 0 radical (unpaired) electrons. The largest absolute Gasteiger partial charge is 0.478 e. The average Bonchev–Trinajstić information content (AvgIpc) is 2.64. The van der Waals surface area contributed by atoms with Gasteiger partial charge in [-0.05, 0) is 34.4 Å². The van der Waals surface area contributed by atoms with Crippen LogP contribution >= 0.6 is 0 Å². The van der Waals surface area contributed by atoms with Crippen molar-refractivity contribution in [1.29, 1.82) is 0 Å². The van der Waals surface area contributed by atoms with Gasteiger partial charge in [-0.3, -0.25) is 0 Å². The summed E-state index contributed by atoms with van der Waals surface area (Å²) >= 11 is 0. The summed E-state index contributed by atoms with van der Waals surface area (Å²) in [5.41, 5.74) is 3.58. The monoisotopic (exact) mass is 226 g/mol. The van der Waals surface area contributed by atoms with Crippen LogP contribution in [0.3, 0.4) is 0 Å². The quantitative estimate of drug-likeness (QED) is 0.785. The number of aliphatic hydroxyl groups is 1. The van der Waals surface area contributed by atoms with E-state index in [1.54, 1.807) is 12.1 Å². The highest BCUT2D eigenvalue weighted by atomic mass is 16.4. The van der Waals surface area contributed by atoms with Gasteiger partial charge in [0.05, 0.1) is 5.56 Å². The molecular weight excluding hydrogens is 216 g/mol. The predicted molar refractivity (Wildman–Crippen MR) is 62.9 cm³/mol. The van der Waals surface area contributed by atoms with E-state index >= 15 is 0 Å². The number of aliphatic hydroxyl groups excluding tert-OH is 1. The van der Waals surface area contributed by atoms with Gasteiger partial charge in [-0.25, -0.2) is 4.79 Å². The van der Waals surface area contributed by atoms with Gasteiger partial charge in [0, 0.05) is 0 Å². The standard InChI is InChI=1S/C14H10O3/c15-13-10-4-2-1-3-9(10)12-7-8(14(16)17)5-6-11(12)13/h1-7,13,15H,(H,16,17). The van der Waals surface area contributed by atoms with Gasteiger partial charge in [-0.2, -0.15) is 0 Å². The van der Waals surface area contributed by atoms with Crippen LogP contribution in [-0.2, 0) is 0 Å². The number of aromatic carboxylic acids is 1. The van der Waals surface area contributed by atoms with Crippen LogP contribution in [0.4, 0.5) is 0 Å². The number of hydrogen-bond acceptors (Lipinski definition) is 2. The van der Waals surface area contributed by atoms with E-state index in [2.05, 4.69) is 0 Å². The second-order valence-electron chi connectivity index (χ2n) is 4.10. The molecule has 0 spiro atoms. The molecule has 84 valence electrons. The Bertz CT molecular complexity index is 617. The lowest BCUT2D eigenvalue weighted by Gasteiger charge is -2.04. The van der Waals surface area contributed by atoms with Crippen LogP contribution in [0.5, 0.6) is 0 Å². The topological polar surface area (TPSA) is 57.5 Å². The summed E-state index contributed by atoms with van der Waals surface area (Å²) in [4.78, 5) is 10.9. The molecule has 0 aliphatic heterocycles. The fourth-order valence-corrected chi connectivity index (χ4v) is 2.31. The smallest absolute Gasteiger partial charge is 0.335 e. The Morgan fingerprint density at radius 2 is 1.71 bits per heavy atom. The molecule has 0 aromatic heterocycles. The van der Waals surface area contributed by atoms with Crippen molar-refractivity contribution in [3.05, 3.63) is 59.2 Å². The lowest BCUT2D eigenvalue weighted by atomic mass is 10.0. The molecule has 1 atom stereocenters. The molecule has 0 bridgehead atoms. The predicted octanol–water partition coefficient (Wildman–Crippen LogP) is 2.45. The van der Waals surface area contributed by atoms with Crippen molar-refractivity contribution in [2.45, 2.75) is 6.10 Å². The second kappa shape index (κ2) is 3.43. The van der Waals surface area contributed by atoms with Gasteiger partial charge in [0.1, 0.15) is 6.10 Å². The maximum absolute atomic E-state index is 10.9. The molecule has 17 heavy (non-hydrogen) atoms. The van der Waals surface area contributed by atoms with Gasteiger partial charge in [0.25, 0.3) is 0 Å². The van der Waals surface area contributed by atoms with Gasteiger partial charge in [-0.1, -0.05) is 30.3 Å². The van der Waals surface area contributed by atoms with E-state index in [1.165, 1.54) is 6.07 Å². The normalized spacial score (nSPS) is 16.4. The van der Waals surface area contributed by atoms with Gasteiger partial charge in [0.2, 0.25) is 0 Å². The first-order valence-electron chi connectivity index (χ1n) is 5.33. The highest BCUT2D eigenvalue weighted by Gasteiger charge is 2.27. The summed E-state index contributed by atoms with van der Waals surface area (Å²) in [6.45, 7) is 0. The molecule has 3 nitrogen and oxygen atoms in total. The summed E-state index contributed by atoms with van der Waals surface area (Å²) in [6.07, 6.45) is -0.649. The van der Waals surface area contributed by atoms with E-state index < -0.39 is 12.1 Å². The van der Waals surface area contributed by atoms with Crippen molar-refractivity contribution >= 4 is 5.97 Å².